The van der Waals surface area contributed by atoms with Gasteiger partial charge in [0.15, 0.2) is 0 Å². The third-order valence-electron chi connectivity index (χ3n) is 6.57. The molecule has 0 aliphatic heterocycles. The molecular formula is C32H31N. The zero-order valence-corrected chi connectivity index (χ0v) is 19.9. The van der Waals surface area contributed by atoms with Crippen LogP contribution in [0.2, 0.25) is 0 Å². The molecule has 1 aromatic heterocycles. The Morgan fingerprint density at radius 2 is 1.21 bits per heavy atom. The number of rotatable bonds is 5. The third kappa shape index (κ3) is 3.89. The quantitative estimate of drug-likeness (QED) is 0.262. The topological polar surface area (TPSA) is 4.93 Å². The highest BCUT2D eigenvalue weighted by Crippen LogP contribution is 2.39. The molecule has 5 rings (SSSR count). The Morgan fingerprint density at radius 1 is 0.576 bits per heavy atom. The number of aromatic nitrogens is 1. The Labute approximate surface area is 197 Å². The van der Waals surface area contributed by atoms with Crippen molar-refractivity contribution in [2.75, 3.05) is 0 Å². The molecule has 1 heterocycles. The van der Waals surface area contributed by atoms with E-state index in [1.165, 1.54) is 50.0 Å². The summed E-state index contributed by atoms with van der Waals surface area (Å²) in [7, 11) is 0. The molecule has 0 unspecified atom stereocenters. The number of benzene rings is 4. The Bertz CT molecular complexity index is 1370. The minimum atomic E-state index is 0.401. The smallest absolute Gasteiger partial charge is 0.0528 e. The van der Waals surface area contributed by atoms with E-state index in [2.05, 4.69) is 136 Å². The number of nitrogens with zero attached hydrogens (tertiary/aromatic N) is 1. The van der Waals surface area contributed by atoms with Gasteiger partial charge in [0, 0.05) is 6.20 Å². The molecular weight excluding hydrogens is 398 g/mol. The maximum absolute atomic E-state index is 2.42. The second-order valence-corrected chi connectivity index (χ2v) is 9.47. The molecule has 0 amide bonds. The molecule has 0 aliphatic rings. The summed E-state index contributed by atoms with van der Waals surface area (Å²) in [6.45, 7) is 9.23. The molecule has 164 valence electrons. The van der Waals surface area contributed by atoms with Crippen LogP contribution in [0.5, 0.6) is 0 Å². The molecule has 0 aliphatic carbocycles. The normalized spacial score (nSPS) is 11.6. The predicted octanol–water partition coefficient (Wildman–Crippen LogP) is 9.21. The summed E-state index contributed by atoms with van der Waals surface area (Å²) < 4.78 is 2.40. The summed E-state index contributed by atoms with van der Waals surface area (Å²) in [5.74, 6) is 0.803. The molecule has 0 fully saturated rings. The van der Waals surface area contributed by atoms with Crippen molar-refractivity contribution in [2.45, 2.75) is 39.5 Å². The van der Waals surface area contributed by atoms with Gasteiger partial charge in [-0.25, -0.2) is 0 Å². The van der Waals surface area contributed by atoms with Crippen LogP contribution in [0.4, 0.5) is 0 Å². The zero-order valence-electron chi connectivity index (χ0n) is 19.9. The number of hydrogen-bond acceptors (Lipinski definition) is 0. The first-order chi connectivity index (χ1) is 16.0. The van der Waals surface area contributed by atoms with Gasteiger partial charge in [-0.2, -0.15) is 0 Å². The average molecular weight is 430 g/mol. The highest BCUT2D eigenvalue weighted by atomic mass is 15.0. The first-order valence-corrected chi connectivity index (χ1v) is 11.9. The maximum atomic E-state index is 2.42. The van der Waals surface area contributed by atoms with E-state index in [-0.39, 0.29) is 0 Å². The summed E-state index contributed by atoms with van der Waals surface area (Å²) in [5.41, 5.74) is 9.18. The Kier molecular flexibility index (Phi) is 5.64. The maximum Gasteiger partial charge on any atom is 0.0528 e. The van der Waals surface area contributed by atoms with Gasteiger partial charge in [0.1, 0.15) is 0 Å². The van der Waals surface area contributed by atoms with Gasteiger partial charge in [-0.3, -0.25) is 0 Å². The van der Waals surface area contributed by atoms with E-state index >= 15 is 0 Å². The van der Waals surface area contributed by atoms with Crippen molar-refractivity contribution in [1.29, 1.82) is 0 Å². The van der Waals surface area contributed by atoms with Gasteiger partial charge in [-0.15, -0.1) is 0 Å². The lowest BCUT2D eigenvalue weighted by Gasteiger charge is -2.24. The molecule has 5 aromatic rings. The lowest BCUT2D eigenvalue weighted by molar-refractivity contribution is 0.808. The van der Waals surface area contributed by atoms with Gasteiger partial charge in [0.25, 0.3) is 0 Å². The number of fused-ring (bicyclic) bond motifs is 1. The van der Waals surface area contributed by atoms with Crippen LogP contribution in [0.3, 0.4) is 0 Å². The van der Waals surface area contributed by atoms with Crippen LogP contribution < -0.4 is 0 Å². The minimum Gasteiger partial charge on any atom is -0.316 e. The van der Waals surface area contributed by atoms with Gasteiger partial charge < -0.3 is 4.57 Å². The summed E-state index contributed by atoms with van der Waals surface area (Å²) in [6.07, 6.45) is 2.22. The molecule has 1 heteroatoms. The van der Waals surface area contributed by atoms with Crippen molar-refractivity contribution in [3.05, 3.63) is 114 Å². The van der Waals surface area contributed by atoms with E-state index in [9.17, 15) is 0 Å². The molecule has 33 heavy (non-hydrogen) atoms. The van der Waals surface area contributed by atoms with Gasteiger partial charge in [0.2, 0.25) is 0 Å². The standard InChI is InChI=1S/C32H31N/c1-22(2)29-20-26(28-17-10-15-24-12-8-9-16-27(24)28)21-30(23(3)4)32(29)33-19-11-18-31(33)25-13-6-5-7-14-25/h5-23H,1-4H3. The van der Waals surface area contributed by atoms with Gasteiger partial charge in [-0.1, -0.05) is 100 Å². The highest BCUT2D eigenvalue weighted by molar-refractivity contribution is 5.97. The summed E-state index contributed by atoms with van der Waals surface area (Å²) in [4.78, 5) is 0. The third-order valence-corrected chi connectivity index (χ3v) is 6.57. The van der Waals surface area contributed by atoms with Gasteiger partial charge in [0.05, 0.1) is 11.4 Å². The second kappa shape index (κ2) is 8.75. The van der Waals surface area contributed by atoms with E-state index in [1.807, 2.05) is 0 Å². The van der Waals surface area contributed by atoms with E-state index in [4.69, 9.17) is 0 Å². The highest BCUT2D eigenvalue weighted by Gasteiger charge is 2.20. The SMILES string of the molecule is CC(C)c1cc(-c2cccc3ccccc23)cc(C(C)C)c1-n1cccc1-c1ccccc1. The van der Waals surface area contributed by atoms with Crippen LogP contribution in [-0.4, -0.2) is 4.57 Å². The van der Waals surface area contributed by atoms with Crippen LogP contribution in [0.1, 0.15) is 50.7 Å². The van der Waals surface area contributed by atoms with E-state index in [0.717, 1.165) is 0 Å². The minimum absolute atomic E-state index is 0.401. The van der Waals surface area contributed by atoms with Crippen LogP contribution in [0.25, 0.3) is 38.8 Å². The molecule has 4 aromatic carbocycles. The van der Waals surface area contributed by atoms with Crippen molar-refractivity contribution in [3.8, 4) is 28.1 Å². The fraction of sp³-hybridized carbons (Fsp3) is 0.188. The first kappa shape index (κ1) is 21.3. The van der Waals surface area contributed by atoms with E-state index in [1.54, 1.807) is 0 Å². The molecule has 0 saturated heterocycles. The molecule has 0 saturated carbocycles. The van der Waals surface area contributed by atoms with Crippen LogP contribution >= 0.6 is 0 Å². The average Bonchev–Trinajstić information content (AvgIpc) is 3.33. The van der Waals surface area contributed by atoms with E-state index < -0.39 is 0 Å². The van der Waals surface area contributed by atoms with Crippen molar-refractivity contribution < 1.29 is 0 Å². The molecule has 0 atom stereocenters. The second-order valence-electron chi connectivity index (χ2n) is 9.47. The van der Waals surface area contributed by atoms with Crippen molar-refractivity contribution in [1.82, 2.24) is 4.57 Å². The lowest BCUT2D eigenvalue weighted by atomic mass is 9.87. The monoisotopic (exact) mass is 429 g/mol. The summed E-state index contributed by atoms with van der Waals surface area (Å²) in [5, 5.41) is 2.59. The van der Waals surface area contributed by atoms with Crippen LogP contribution in [0.15, 0.2) is 103 Å². The van der Waals surface area contributed by atoms with Crippen molar-refractivity contribution in [3.63, 3.8) is 0 Å². The summed E-state index contributed by atoms with van der Waals surface area (Å²) in [6, 6.07) is 35.2. The van der Waals surface area contributed by atoms with Gasteiger partial charge >= 0.3 is 0 Å². The Morgan fingerprint density at radius 3 is 1.91 bits per heavy atom. The summed E-state index contributed by atoms with van der Waals surface area (Å²) >= 11 is 0. The predicted molar refractivity (Wildman–Crippen MR) is 142 cm³/mol. The fourth-order valence-corrected chi connectivity index (χ4v) is 4.89. The molecule has 0 N–H and O–H groups in total. The fourth-order valence-electron chi connectivity index (χ4n) is 4.89. The van der Waals surface area contributed by atoms with Gasteiger partial charge in [-0.05, 0) is 74.7 Å². The Balaban J connectivity index is 1.79. The first-order valence-electron chi connectivity index (χ1n) is 11.9. The zero-order chi connectivity index (χ0) is 22.9. The Hall–Kier alpha value is -3.58. The molecule has 1 nitrogen and oxygen atoms in total. The molecule has 0 radical (unpaired) electrons. The van der Waals surface area contributed by atoms with Crippen molar-refractivity contribution in [2.24, 2.45) is 0 Å². The van der Waals surface area contributed by atoms with Crippen LogP contribution in [-0.2, 0) is 0 Å². The largest absolute Gasteiger partial charge is 0.316 e. The van der Waals surface area contributed by atoms with Crippen LogP contribution in [0, 0.1) is 0 Å². The van der Waals surface area contributed by atoms with Crippen molar-refractivity contribution >= 4 is 10.8 Å². The molecule has 0 bridgehead atoms. The molecule has 0 spiro atoms. The van der Waals surface area contributed by atoms with E-state index in [0.29, 0.717) is 11.8 Å². The lowest BCUT2D eigenvalue weighted by Crippen LogP contribution is -2.08. The number of hydrogen-bond donors (Lipinski definition) is 0.